The van der Waals surface area contributed by atoms with Gasteiger partial charge >= 0.3 is 5.97 Å². The van der Waals surface area contributed by atoms with Gasteiger partial charge in [0, 0.05) is 13.2 Å². The quantitative estimate of drug-likeness (QED) is 0.417. The van der Waals surface area contributed by atoms with Crippen LogP contribution < -0.4 is 9.80 Å². The summed E-state index contributed by atoms with van der Waals surface area (Å²) in [6.45, 7) is 2.30. The topological polar surface area (TPSA) is 63.7 Å². The number of anilines is 2. The van der Waals surface area contributed by atoms with E-state index >= 15 is 0 Å². The second-order valence-corrected chi connectivity index (χ2v) is 7.59. The first-order valence-corrected chi connectivity index (χ1v) is 10.6. The number of hydrogen-bond acceptors (Lipinski definition) is 6. The van der Waals surface area contributed by atoms with Crippen LogP contribution in [0.15, 0.2) is 83.4 Å². The maximum Gasteiger partial charge on any atom is 0.325 e. The molecule has 32 heavy (non-hydrogen) atoms. The highest BCUT2D eigenvalue weighted by Gasteiger charge is 2.38. The Labute approximate surface area is 186 Å². The largest absolute Gasteiger partial charge is 0.465 e. The third-order valence-corrected chi connectivity index (χ3v) is 5.58. The zero-order valence-electron chi connectivity index (χ0n) is 18.0. The molecule has 0 amide bonds. The number of rotatable bonds is 6. The Bertz CT molecular complexity index is 1230. The number of para-hydroxylation sites is 3. The van der Waals surface area contributed by atoms with Crippen LogP contribution in [0.1, 0.15) is 18.8 Å². The van der Waals surface area contributed by atoms with Crippen molar-refractivity contribution in [1.82, 2.24) is 9.78 Å². The molecule has 5 rings (SSSR count). The Balaban J connectivity index is 1.46. The molecule has 162 valence electrons. The van der Waals surface area contributed by atoms with Gasteiger partial charge in [-0.2, -0.15) is 5.10 Å². The van der Waals surface area contributed by atoms with Crippen LogP contribution in [0.3, 0.4) is 0 Å². The third-order valence-electron chi connectivity index (χ3n) is 5.58. The van der Waals surface area contributed by atoms with E-state index in [0.717, 1.165) is 28.5 Å². The second kappa shape index (κ2) is 8.26. The van der Waals surface area contributed by atoms with E-state index in [1.807, 2.05) is 103 Å². The van der Waals surface area contributed by atoms with E-state index < -0.39 is 0 Å². The summed E-state index contributed by atoms with van der Waals surface area (Å²) in [5, 5.41) is 4.66. The highest BCUT2D eigenvalue weighted by molar-refractivity contribution is 5.84. The van der Waals surface area contributed by atoms with Crippen LogP contribution in [0.25, 0.3) is 17.1 Å². The molecule has 1 unspecified atom stereocenters. The van der Waals surface area contributed by atoms with Crippen molar-refractivity contribution in [2.24, 2.45) is 0 Å². The zero-order valence-corrected chi connectivity index (χ0v) is 18.0. The Kier molecular flexibility index (Phi) is 5.15. The minimum atomic E-state index is -0.268. The first-order valence-electron chi connectivity index (χ1n) is 10.6. The summed E-state index contributed by atoms with van der Waals surface area (Å²) < 4.78 is 13.3. The number of nitrogens with zero attached hydrogens (tertiary/aromatic N) is 4. The second-order valence-electron chi connectivity index (χ2n) is 7.59. The summed E-state index contributed by atoms with van der Waals surface area (Å²) in [7, 11) is 2.00. The van der Waals surface area contributed by atoms with Gasteiger partial charge in [-0.1, -0.05) is 30.3 Å². The molecule has 0 bridgehead atoms. The Morgan fingerprint density at radius 1 is 1.00 bits per heavy atom. The number of hydrogen-bond donors (Lipinski definition) is 0. The fourth-order valence-electron chi connectivity index (χ4n) is 4.15. The highest BCUT2D eigenvalue weighted by Crippen LogP contribution is 2.45. The predicted molar refractivity (Wildman–Crippen MR) is 123 cm³/mol. The van der Waals surface area contributed by atoms with E-state index in [1.54, 1.807) is 0 Å². The van der Waals surface area contributed by atoms with Gasteiger partial charge in [-0.05, 0) is 49.4 Å². The van der Waals surface area contributed by atoms with E-state index in [1.165, 1.54) is 0 Å². The number of carbonyl (C=O) groups is 1. The monoisotopic (exact) mass is 428 g/mol. The van der Waals surface area contributed by atoms with Gasteiger partial charge in [0.2, 0.25) is 0 Å². The molecular weight excluding hydrogens is 404 g/mol. The molecule has 0 N–H and O–H groups in total. The lowest BCUT2D eigenvalue weighted by atomic mass is 10.2. The minimum absolute atomic E-state index is 0.137. The number of aromatic nitrogens is 2. The molecule has 0 aliphatic carbocycles. The van der Waals surface area contributed by atoms with Crippen LogP contribution in [0, 0.1) is 0 Å². The van der Waals surface area contributed by atoms with Crippen LogP contribution in [0.2, 0.25) is 0 Å². The van der Waals surface area contributed by atoms with E-state index in [2.05, 4.69) is 10.00 Å². The summed E-state index contributed by atoms with van der Waals surface area (Å²) >= 11 is 0. The van der Waals surface area contributed by atoms with Gasteiger partial charge < -0.3 is 19.0 Å². The molecule has 7 heteroatoms. The van der Waals surface area contributed by atoms with Crippen molar-refractivity contribution in [3.8, 4) is 17.1 Å². The van der Waals surface area contributed by atoms with Crippen molar-refractivity contribution in [3.05, 3.63) is 84.8 Å². The van der Waals surface area contributed by atoms with Crippen LogP contribution >= 0.6 is 0 Å². The molecule has 2 aromatic carbocycles. The van der Waals surface area contributed by atoms with Gasteiger partial charge in [-0.25, -0.2) is 4.68 Å². The highest BCUT2D eigenvalue weighted by atomic mass is 16.5. The molecule has 1 aliphatic heterocycles. The molecule has 1 atom stereocenters. The van der Waals surface area contributed by atoms with Crippen LogP contribution in [-0.4, -0.2) is 35.9 Å². The van der Waals surface area contributed by atoms with Gasteiger partial charge in [0.05, 0.1) is 23.7 Å². The fourth-order valence-corrected chi connectivity index (χ4v) is 4.15. The molecule has 3 heterocycles. The molecule has 0 saturated carbocycles. The Morgan fingerprint density at radius 2 is 1.75 bits per heavy atom. The number of esters is 1. The maximum atomic E-state index is 12.3. The number of benzene rings is 2. The number of ether oxygens (including phenoxy) is 1. The van der Waals surface area contributed by atoms with E-state index in [4.69, 9.17) is 9.15 Å². The van der Waals surface area contributed by atoms with Gasteiger partial charge in [0.1, 0.15) is 18.0 Å². The molecule has 0 radical (unpaired) electrons. The lowest BCUT2D eigenvalue weighted by Crippen LogP contribution is -2.37. The van der Waals surface area contributed by atoms with Crippen molar-refractivity contribution in [1.29, 1.82) is 0 Å². The Hall–Kier alpha value is -4.00. The molecule has 0 spiro atoms. The lowest BCUT2D eigenvalue weighted by Gasteiger charge is -2.28. The third kappa shape index (κ3) is 3.51. The average molecular weight is 428 g/mol. The van der Waals surface area contributed by atoms with Crippen molar-refractivity contribution in [3.63, 3.8) is 0 Å². The smallest absolute Gasteiger partial charge is 0.325 e. The van der Waals surface area contributed by atoms with Gasteiger partial charge in [-0.15, -0.1) is 0 Å². The zero-order chi connectivity index (χ0) is 22.1. The molecule has 0 fully saturated rings. The molecule has 7 nitrogen and oxygen atoms in total. The average Bonchev–Trinajstić information content (AvgIpc) is 3.54. The van der Waals surface area contributed by atoms with Crippen LogP contribution in [-0.2, 0) is 9.53 Å². The van der Waals surface area contributed by atoms with Crippen molar-refractivity contribution in [2.75, 3.05) is 30.0 Å². The molecule has 4 aromatic rings. The number of carbonyl (C=O) groups excluding carboxylic acids is 1. The minimum Gasteiger partial charge on any atom is -0.465 e. The summed E-state index contributed by atoms with van der Waals surface area (Å²) in [6.07, 6.45) is 1.65. The summed E-state index contributed by atoms with van der Waals surface area (Å²) in [5.74, 6) is 1.14. The fraction of sp³-hybridized carbons (Fsp3) is 0.200. The van der Waals surface area contributed by atoms with Crippen molar-refractivity contribution >= 4 is 17.3 Å². The summed E-state index contributed by atoms with van der Waals surface area (Å²) in [5.41, 5.74) is 3.74. The van der Waals surface area contributed by atoms with Crippen LogP contribution in [0.5, 0.6) is 0 Å². The standard InChI is InChI=1S/C25H24N4O3/c1-3-31-24(30)17-28-21-12-8-7-11-20(21)27(2)25(28)23-14-13-22(32-23)19-15-16-29(26-19)18-9-5-4-6-10-18/h4-16,25H,3,17H2,1-2H3. The van der Waals surface area contributed by atoms with Gasteiger partial charge in [0.15, 0.2) is 11.9 Å². The SMILES string of the molecule is CCOC(=O)CN1c2ccccc2N(C)C1c1ccc(-c2ccn(-c3ccccc3)n2)o1. The first kappa shape index (κ1) is 19.9. The number of furan rings is 1. The molecular formula is C25H24N4O3. The van der Waals surface area contributed by atoms with Crippen molar-refractivity contribution in [2.45, 2.75) is 13.1 Å². The normalized spacial score (nSPS) is 15.1. The maximum absolute atomic E-state index is 12.3. The van der Waals surface area contributed by atoms with E-state index in [9.17, 15) is 4.79 Å². The predicted octanol–water partition coefficient (Wildman–Crippen LogP) is 4.65. The first-order chi connectivity index (χ1) is 15.7. The lowest BCUT2D eigenvalue weighted by molar-refractivity contribution is -0.141. The summed E-state index contributed by atoms with van der Waals surface area (Å²) in [4.78, 5) is 16.5. The Morgan fingerprint density at radius 3 is 2.53 bits per heavy atom. The van der Waals surface area contributed by atoms with Gasteiger partial charge in [0.25, 0.3) is 0 Å². The summed E-state index contributed by atoms with van der Waals surface area (Å²) in [6, 6.07) is 23.8. The van der Waals surface area contributed by atoms with E-state index in [-0.39, 0.29) is 18.7 Å². The van der Waals surface area contributed by atoms with E-state index in [0.29, 0.717) is 12.4 Å². The van der Waals surface area contributed by atoms with Crippen molar-refractivity contribution < 1.29 is 13.9 Å². The molecule has 0 saturated heterocycles. The molecule has 2 aromatic heterocycles. The van der Waals surface area contributed by atoms with Gasteiger partial charge in [-0.3, -0.25) is 4.79 Å². The van der Waals surface area contributed by atoms with Crippen LogP contribution in [0.4, 0.5) is 11.4 Å². The molecule has 1 aliphatic rings. The number of fused-ring (bicyclic) bond motifs is 1.